The van der Waals surface area contributed by atoms with Gasteiger partial charge in [0.2, 0.25) is 5.95 Å². The van der Waals surface area contributed by atoms with Crippen molar-refractivity contribution in [3.63, 3.8) is 0 Å². The number of anilines is 1. The van der Waals surface area contributed by atoms with Gasteiger partial charge in [-0.3, -0.25) is 9.30 Å². The summed E-state index contributed by atoms with van der Waals surface area (Å²) in [6.07, 6.45) is 5.45. The highest BCUT2D eigenvalue weighted by Crippen LogP contribution is 2.45. The number of pyridine rings is 2. The number of nitrogen functional groups attached to an aromatic ring is 1. The fourth-order valence-electron chi connectivity index (χ4n) is 4.25. The Hall–Kier alpha value is -2.43. The Bertz CT molecular complexity index is 1160. The van der Waals surface area contributed by atoms with Gasteiger partial charge in [0, 0.05) is 17.0 Å². The lowest BCUT2D eigenvalue weighted by Crippen LogP contribution is -2.53. The predicted molar refractivity (Wildman–Crippen MR) is 119 cm³/mol. The Labute approximate surface area is 188 Å². The zero-order valence-electron chi connectivity index (χ0n) is 18.0. The molecule has 0 radical (unpaired) electrons. The molecule has 0 unspecified atom stereocenters. The molecule has 0 spiro atoms. The number of hydrogen-bond acceptors (Lipinski definition) is 7. The highest BCUT2D eigenvalue weighted by molar-refractivity contribution is 8.00. The minimum Gasteiger partial charge on any atom is -0.495 e. The average Bonchev–Trinajstić information content (AvgIpc) is 3.13. The molecule has 170 valence electrons. The number of nitrogens with zero attached hydrogens (tertiary/aromatic N) is 4. The van der Waals surface area contributed by atoms with Crippen molar-refractivity contribution in [2.45, 2.75) is 35.4 Å². The standard InChI is InChI=1S/C22H25F2N5O2S/c1-22(3-5-28(6-4-22)13-11-31-12-13)32-18-10-29-16(9-26-19(29)8-17(18)30-2)14-7-15(23)21(25)27-20(14)24/h7-10,13H,3-6,11-12H2,1-2H3,(H2,25,27). The fraction of sp³-hybridized carbons (Fsp3) is 0.455. The van der Waals surface area contributed by atoms with Crippen molar-refractivity contribution in [1.29, 1.82) is 0 Å². The van der Waals surface area contributed by atoms with E-state index in [1.165, 1.54) is 6.20 Å². The molecule has 2 N–H and O–H groups in total. The molecule has 0 saturated carbocycles. The first-order valence-electron chi connectivity index (χ1n) is 10.5. The second-order valence-corrected chi connectivity index (χ2v) is 10.2. The second-order valence-electron chi connectivity index (χ2n) is 8.55. The monoisotopic (exact) mass is 461 g/mol. The van der Waals surface area contributed by atoms with Gasteiger partial charge in [-0.05, 0) is 38.9 Å². The molecule has 2 aliphatic heterocycles. The largest absolute Gasteiger partial charge is 0.495 e. The molecule has 0 bridgehead atoms. The summed E-state index contributed by atoms with van der Waals surface area (Å²) in [5.41, 5.74) is 6.38. The van der Waals surface area contributed by atoms with Crippen molar-refractivity contribution < 1.29 is 18.3 Å². The van der Waals surface area contributed by atoms with E-state index in [1.54, 1.807) is 23.3 Å². The molecule has 0 amide bonds. The molecule has 32 heavy (non-hydrogen) atoms. The van der Waals surface area contributed by atoms with Crippen molar-refractivity contribution in [3.8, 4) is 17.0 Å². The zero-order valence-corrected chi connectivity index (χ0v) is 18.8. The number of methoxy groups -OCH3 is 1. The summed E-state index contributed by atoms with van der Waals surface area (Å²) in [6, 6.07) is 3.42. The lowest BCUT2D eigenvalue weighted by molar-refractivity contribution is -0.0717. The van der Waals surface area contributed by atoms with Gasteiger partial charge < -0.3 is 15.2 Å². The summed E-state index contributed by atoms with van der Waals surface area (Å²) in [4.78, 5) is 11.3. The van der Waals surface area contributed by atoms with Crippen LogP contribution in [0.2, 0.25) is 0 Å². The molecule has 7 nitrogen and oxygen atoms in total. The molecular weight excluding hydrogens is 436 g/mol. The quantitative estimate of drug-likeness (QED) is 0.582. The number of imidazole rings is 1. The van der Waals surface area contributed by atoms with Gasteiger partial charge in [0.05, 0.1) is 48.7 Å². The van der Waals surface area contributed by atoms with Crippen LogP contribution in [0.3, 0.4) is 0 Å². The lowest BCUT2D eigenvalue weighted by atomic mass is 9.96. The number of likely N-dealkylation sites (tertiary alicyclic amines) is 1. The Morgan fingerprint density at radius 1 is 1.25 bits per heavy atom. The normalized spacial score (nSPS) is 19.2. The Morgan fingerprint density at radius 2 is 2.00 bits per heavy atom. The number of nitrogens with two attached hydrogens (primary N) is 1. The van der Waals surface area contributed by atoms with E-state index < -0.39 is 17.6 Å². The van der Waals surface area contributed by atoms with Crippen LogP contribution in [0.5, 0.6) is 5.75 Å². The van der Waals surface area contributed by atoms with Gasteiger partial charge in [0.1, 0.15) is 11.4 Å². The SMILES string of the molecule is COc1cc2ncc(-c3cc(F)c(N)nc3F)n2cc1SC1(C)CCN(C2COC2)CC1. The smallest absolute Gasteiger partial charge is 0.224 e. The van der Waals surface area contributed by atoms with Crippen molar-refractivity contribution in [2.75, 3.05) is 39.1 Å². The van der Waals surface area contributed by atoms with Gasteiger partial charge >= 0.3 is 0 Å². The van der Waals surface area contributed by atoms with E-state index in [0.29, 0.717) is 23.1 Å². The number of thioether (sulfide) groups is 1. The molecule has 2 saturated heterocycles. The zero-order chi connectivity index (χ0) is 22.5. The molecule has 3 aromatic heterocycles. The summed E-state index contributed by atoms with van der Waals surface area (Å²) in [7, 11) is 1.63. The van der Waals surface area contributed by atoms with Gasteiger partial charge in [-0.1, -0.05) is 0 Å². The van der Waals surface area contributed by atoms with Crippen molar-refractivity contribution >= 4 is 23.2 Å². The molecule has 5 heterocycles. The maximum Gasteiger partial charge on any atom is 0.224 e. The van der Waals surface area contributed by atoms with Gasteiger partial charge in [0.25, 0.3) is 0 Å². The number of halogens is 2. The number of piperidine rings is 1. The summed E-state index contributed by atoms with van der Waals surface area (Å²) in [5.74, 6) is -1.37. The van der Waals surface area contributed by atoms with Crippen LogP contribution in [-0.2, 0) is 4.74 Å². The van der Waals surface area contributed by atoms with E-state index in [2.05, 4.69) is 21.8 Å². The van der Waals surface area contributed by atoms with Crippen LogP contribution in [-0.4, -0.2) is 63.5 Å². The van der Waals surface area contributed by atoms with Crippen LogP contribution in [0.4, 0.5) is 14.6 Å². The molecular formula is C22H25F2N5O2S. The number of ether oxygens (including phenoxy) is 2. The highest BCUT2D eigenvalue weighted by Gasteiger charge is 2.36. The molecule has 10 heteroatoms. The van der Waals surface area contributed by atoms with Crippen LogP contribution >= 0.6 is 11.8 Å². The van der Waals surface area contributed by atoms with E-state index in [1.807, 2.05) is 12.3 Å². The van der Waals surface area contributed by atoms with Crippen molar-refractivity contribution in [3.05, 3.63) is 36.3 Å². The van der Waals surface area contributed by atoms with E-state index in [4.69, 9.17) is 15.2 Å². The average molecular weight is 462 g/mol. The second kappa shape index (κ2) is 8.17. The van der Waals surface area contributed by atoms with Crippen LogP contribution < -0.4 is 10.5 Å². The number of rotatable bonds is 5. The van der Waals surface area contributed by atoms with Crippen LogP contribution in [0.1, 0.15) is 19.8 Å². The van der Waals surface area contributed by atoms with E-state index in [9.17, 15) is 8.78 Å². The van der Waals surface area contributed by atoms with Crippen molar-refractivity contribution in [1.82, 2.24) is 19.3 Å². The van der Waals surface area contributed by atoms with Gasteiger partial charge in [-0.25, -0.2) is 9.37 Å². The maximum atomic E-state index is 14.5. The first-order valence-corrected chi connectivity index (χ1v) is 11.4. The Morgan fingerprint density at radius 3 is 2.66 bits per heavy atom. The summed E-state index contributed by atoms with van der Waals surface area (Å²) < 4.78 is 41.2. The minimum absolute atomic E-state index is 0.00699. The predicted octanol–water partition coefficient (Wildman–Crippen LogP) is 3.61. The van der Waals surface area contributed by atoms with Gasteiger partial charge in [-0.2, -0.15) is 9.37 Å². The molecule has 5 rings (SSSR count). The topological polar surface area (TPSA) is 77.9 Å². The Balaban J connectivity index is 1.47. The molecule has 2 aliphatic rings. The number of hydrogen-bond donors (Lipinski definition) is 1. The van der Waals surface area contributed by atoms with Crippen LogP contribution in [0, 0.1) is 11.8 Å². The van der Waals surface area contributed by atoms with E-state index in [-0.39, 0.29) is 10.3 Å². The van der Waals surface area contributed by atoms with Gasteiger partial charge in [-0.15, -0.1) is 11.8 Å². The summed E-state index contributed by atoms with van der Waals surface area (Å²) in [6.45, 7) is 5.98. The maximum absolute atomic E-state index is 14.5. The number of fused-ring (bicyclic) bond motifs is 1. The third kappa shape index (κ3) is 3.80. The molecule has 0 aromatic carbocycles. The third-order valence-electron chi connectivity index (χ3n) is 6.38. The molecule has 2 fully saturated rings. The lowest BCUT2D eigenvalue weighted by Gasteiger charge is -2.44. The fourth-order valence-corrected chi connectivity index (χ4v) is 5.56. The van der Waals surface area contributed by atoms with E-state index >= 15 is 0 Å². The minimum atomic E-state index is -0.838. The summed E-state index contributed by atoms with van der Waals surface area (Å²) in [5, 5.41) is 0. The third-order valence-corrected chi connectivity index (χ3v) is 7.80. The van der Waals surface area contributed by atoms with Crippen LogP contribution in [0.25, 0.3) is 16.9 Å². The molecule has 0 aliphatic carbocycles. The summed E-state index contributed by atoms with van der Waals surface area (Å²) >= 11 is 1.75. The van der Waals surface area contributed by atoms with E-state index in [0.717, 1.165) is 50.1 Å². The number of aromatic nitrogens is 3. The highest BCUT2D eigenvalue weighted by atomic mass is 32.2. The van der Waals surface area contributed by atoms with Crippen molar-refractivity contribution in [2.24, 2.45) is 0 Å². The Kier molecular flexibility index (Phi) is 5.47. The molecule has 3 aromatic rings. The first-order chi connectivity index (χ1) is 15.4. The first kappa shape index (κ1) is 21.4. The van der Waals surface area contributed by atoms with Gasteiger partial charge in [0.15, 0.2) is 11.6 Å². The molecule has 0 atom stereocenters. The van der Waals surface area contributed by atoms with Crippen LogP contribution in [0.15, 0.2) is 29.4 Å².